The van der Waals surface area contributed by atoms with Crippen molar-refractivity contribution in [2.45, 2.75) is 26.1 Å². The van der Waals surface area contributed by atoms with Crippen molar-refractivity contribution in [1.82, 2.24) is 9.88 Å². The summed E-state index contributed by atoms with van der Waals surface area (Å²) < 4.78 is 10.5. The molecule has 0 aliphatic carbocycles. The number of amides is 1. The molecule has 134 valence electrons. The number of morpholine rings is 1. The Morgan fingerprint density at radius 2 is 1.96 bits per heavy atom. The first-order chi connectivity index (χ1) is 12.0. The van der Waals surface area contributed by atoms with E-state index in [-0.39, 0.29) is 30.4 Å². The molecule has 0 unspecified atom stereocenters. The van der Waals surface area contributed by atoms with Gasteiger partial charge < -0.3 is 19.8 Å². The SMILES string of the molecule is COC(=O)c1[nH]c2ccccc2c1NC(=O)CN1C[C@@H](C)O[C@@H](C)C1. The summed E-state index contributed by atoms with van der Waals surface area (Å²) in [5.74, 6) is -0.684. The number of aromatic amines is 1. The summed E-state index contributed by atoms with van der Waals surface area (Å²) in [6, 6.07) is 7.43. The van der Waals surface area contributed by atoms with E-state index >= 15 is 0 Å². The second-order valence-corrected chi connectivity index (χ2v) is 6.41. The zero-order valence-electron chi connectivity index (χ0n) is 14.7. The van der Waals surface area contributed by atoms with Gasteiger partial charge in [0.15, 0.2) is 0 Å². The fourth-order valence-electron chi connectivity index (χ4n) is 3.32. The van der Waals surface area contributed by atoms with Crippen LogP contribution < -0.4 is 5.32 Å². The van der Waals surface area contributed by atoms with E-state index in [1.165, 1.54) is 7.11 Å². The lowest BCUT2D eigenvalue weighted by molar-refractivity contribution is -0.121. The van der Waals surface area contributed by atoms with Crippen molar-refractivity contribution in [1.29, 1.82) is 0 Å². The number of para-hydroxylation sites is 1. The Morgan fingerprint density at radius 3 is 2.64 bits per heavy atom. The number of nitrogens with zero attached hydrogens (tertiary/aromatic N) is 1. The van der Waals surface area contributed by atoms with Crippen LogP contribution in [-0.2, 0) is 14.3 Å². The Kier molecular flexibility index (Phi) is 5.06. The quantitative estimate of drug-likeness (QED) is 0.828. The Morgan fingerprint density at radius 1 is 1.28 bits per heavy atom. The lowest BCUT2D eigenvalue weighted by Gasteiger charge is -2.34. The van der Waals surface area contributed by atoms with Crippen LogP contribution >= 0.6 is 0 Å². The molecule has 25 heavy (non-hydrogen) atoms. The molecule has 1 fully saturated rings. The largest absolute Gasteiger partial charge is 0.464 e. The molecule has 7 nitrogen and oxygen atoms in total. The summed E-state index contributed by atoms with van der Waals surface area (Å²) in [6.45, 7) is 5.65. The smallest absolute Gasteiger partial charge is 0.356 e. The molecule has 2 atom stereocenters. The minimum atomic E-state index is -0.514. The van der Waals surface area contributed by atoms with Gasteiger partial charge in [0, 0.05) is 24.0 Å². The van der Waals surface area contributed by atoms with Crippen LogP contribution in [0.15, 0.2) is 24.3 Å². The summed E-state index contributed by atoms with van der Waals surface area (Å²) in [7, 11) is 1.32. The van der Waals surface area contributed by atoms with E-state index < -0.39 is 5.97 Å². The van der Waals surface area contributed by atoms with Crippen molar-refractivity contribution >= 4 is 28.5 Å². The average Bonchev–Trinajstić information content (AvgIpc) is 2.92. The van der Waals surface area contributed by atoms with Crippen LogP contribution in [0.3, 0.4) is 0 Å². The van der Waals surface area contributed by atoms with Crippen molar-refractivity contribution in [2.24, 2.45) is 0 Å². The molecule has 2 N–H and O–H groups in total. The highest BCUT2D eigenvalue weighted by Crippen LogP contribution is 2.28. The van der Waals surface area contributed by atoms with E-state index in [0.717, 1.165) is 10.9 Å². The molecule has 0 bridgehead atoms. The first-order valence-corrected chi connectivity index (χ1v) is 8.34. The van der Waals surface area contributed by atoms with Crippen LogP contribution in [0.1, 0.15) is 24.3 Å². The van der Waals surface area contributed by atoms with Gasteiger partial charge in [-0.3, -0.25) is 9.69 Å². The minimum Gasteiger partial charge on any atom is -0.464 e. The number of ether oxygens (including phenoxy) is 2. The molecule has 1 aromatic heterocycles. The second kappa shape index (κ2) is 7.25. The van der Waals surface area contributed by atoms with E-state index in [0.29, 0.717) is 18.8 Å². The fraction of sp³-hybridized carbons (Fsp3) is 0.444. The molecule has 0 radical (unpaired) electrons. The van der Waals surface area contributed by atoms with Crippen molar-refractivity contribution in [3.05, 3.63) is 30.0 Å². The van der Waals surface area contributed by atoms with Crippen LogP contribution in [0, 0.1) is 0 Å². The third-order valence-corrected chi connectivity index (χ3v) is 4.22. The maximum Gasteiger partial charge on any atom is 0.356 e. The Hall–Kier alpha value is -2.38. The number of esters is 1. The van der Waals surface area contributed by atoms with Gasteiger partial charge in [-0.05, 0) is 19.9 Å². The Labute approximate surface area is 146 Å². The number of aromatic nitrogens is 1. The number of rotatable bonds is 4. The zero-order chi connectivity index (χ0) is 18.0. The molecule has 1 amide bonds. The highest BCUT2D eigenvalue weighted by atomic mass is 16.5. The van der Waals surface area contributed by atoms with Crippen LogP contribution in [-0.4, -0.2) is 60.7 Å². The number of hydrogen-bond acceptors (Lipinski definition) is 5. The summed E-state index contributed by atoms with van der Waals surface area (Å²) in [5, 5.41) is 3.65. The van der Waals surface area contributed by atoms with Crippen LogP contribution in [0.4, 0.5) is 5.69 Å². The summed E-state index contributed by atoms with van der Waals surface area (Å²) in [6.07, 6.45) is 0.186. The standard InChI is InChI=1S/C18H23N3O4/c1-11-8-21(9-12(2)25-11)10-15(22)20-16-13-6-4-5-7-14(13)19-17(16)18(23)24-3/h4-7,11-12,19H,8-10H2,1-3H3,(H,20,22)/t11-,12+. The van der Waals surface area contributed by atoms with E-state index in [1.807, 2.05) is 38.1 Å². The fourth-order valence-corrected chi connectivity index (χ4v) is 3.32. The molecular formula is C18H23N3O4. The van der Waals surface area contributed by atoms with Gasteiger partial charge in [0.05, 0.1) is 31.5 Å². The second-order valence-electron chi connectivity index (χ2n) is 6.41. The number of carbonyl (C=O) groups is 2. The molecule has 2 heterocycles. The number of anilines is 1. The monoisotopic (exact) mass is 345 g/mol. The number of benzene rings is 1. The molecule has 7 heteroatoms. The molecule has 2 aromatic rings. The van der Waals surface area contributed by atoms with Crippen LogP contribution in [0.2, 0.25) is 0 Å². The third kappa shape index (κ3) is 3.83. The molecule has 1 saturated heterocycles. The van der Waals surface area contributed by atoms with Crippen molar-refractivity contribution < 1.29 is 19.1 Å². The van der Waals surface area contributed by atoms with Crippen LogP contribution in [0.25, 0.3) is 10.9 Å². The van der Waals surface area contributed by atoms with E-state index in [4.69, 9.17) is 9.47 Å². The number of fused-ring (bicyclic) bond motifs is 1. The van der Waals surface area contributed by atoms with Crippen LogP contribution in [0.5, 0.6) is 0 Å². The first-order valence-electron chi connectivity index (χ1n) is 8.34. The number of hydrogen-bond donors (Lipinski definition) is 2. The summed E-state index contributed by atoms with van der Waals surface area (Å²) >= 11 is 0. The molecule has 1 aliphatic heterocycles. The van der Waals surface area contributed by atoms with Gasteiger partial charge in [-0.2, -0.15) is 0 Å². The van der Waals surface area contributed by atoms with Gasteiger partial charge in [0.1, 0.15) is 5.69 Å². The average molecular weight is 345 g/mol. The summed E-state index contributed by atoms with van der Waals surface area (Å²) in [4.78, 5) is 29.6. The molecule has 0 spiro atoms. The van der Waals surface area contributed by atoms with Gasteiger partial charge in [-0.15, -0.1) is 0 Å². The zero-order valence-corrected chi connectivity index (χ0v) is 14.7. The maximum atomic E-state index is 12.5. The number of H-pyrrole nitrogens is 1. The highest BCUT2D eigenvalue weighted by Gasteiger charge is 2.25. The summed E-state index contributed by atoms with van der Waals surface area (Å²) in [5.41, 5.74) is 1.48. The van der Waals surface area contributed by atoms with Gasteiger partial charge in [-0.25, -0.2) is 4.79 Å². The van der Waals surface area contributed by atoms with Gasteiger partial charge >= 0.3 is 5.97 Å². The number of carbonyl (C=O) groups excluding carboxylic acids is 2. The van der Waals surface area contributed by atoms with Gasteiger partial charge in [-0.1, -0.05) is 18.2 Å². The highest BCUT2D eigenvalue weighted by molar-refractivity contribution is 6.11. The number of nitrogens with one attached hydrogen (secondary N) is 2. The lowest BCUT2D eigenvalue weighted by Crippen LogP contribution is -2.48. The molecule has 1 aliphatic rings. The maximum absolute atomic E-state index is 12.5. The lowest BCUT2D eigenvalue weighted by atomic mass is 10.2. The Balaban J connectivity index is 1.79. The predicted molar refractivity (Wildman–Crippen MR) is 94.7 cm³/mol. The molecule has 3 rings (SSSR count). The topological polar surface area (TPSA) is 83.7 Å². The van der Waals surface area contributed by atoms with Gasteiger partial charge in [0.25, 0.3) is 0 Å². The van der Waals surface area contributed by atoms with Crippen molar-refractivity contribution in [3.8, 4) is 0 Å². The van der Waals surface area contributed by atoms with E-state index in [2.05, 4.69) is 15.2 Å². The van der Waals surface area contributed by atoms with Crippen molar-refractivity contribution in [2.75, 3.05) is 32.1 Å². The van der Waals surface area contributed by atoms with E-state index in [1.54, 1.807) is 0 Å². The predicted octanol–water partition coefficient (Wildman–Crippen LogP) is 2.00. The minimum absolute atomic E-state index is 0.0928. The molecule has 1 aromatic carbocycles. The molecular weight excluding hydrogens is 322 g/mol. The normalized spacial score (nSPS) is 21.2. The number of methoxy groups -OCH3 is 1. The van der Waals surface area contributed by atoms with Crippen molar-refractivity contribution in [3.63, 3.8) is 0 Å². The first kappa shape index (κ1) is 17.4. The van der Waals surface area contributed by atoms with Gasteiger partial charge in [0.2, 0.25) is 5.91 Å². The Bertz CT molecular complexity index is 776. The third-order valence-electron chi connectivity index (χ3n) is 4.22. The molecule has 0 saturated carbocycles. The van der Waals surface area contributed by atoms with E-state index in [9.17, 15) is 9.59 Å².